The largest absolute Gasteiger partial charge is 0.435 e. The molecule has 6 nitrogen and oxygen atoms in total. The average Bonchev–Trinajstić information content (AvgIpc) is 3.30. The Morgan fingerprint density at radius 2 is 1.78 bits per heavy atom. The summed E-state index contributed by atoms with van der Waals surface area (Å²) in [4.78, 5) is 18.5. The number of hydrogen-bond donors (Lipinski definition) is 1. The van der Waals surface area contributed by atoms with Crippen molar-refractivity contribution >= 4 is 5.91 Å². The number of nitrogens with zero attached hydrogens (tertiary/aromatic N) is 4. The SMILES string of the molecule is C=C1C=CC=CN1Cc1ccc(Cn2cc(C(=O)NCc3nccc(CC)c3F)c(C(F)(F)F)n2)cc1. The van der Waals surface area contributed by atoms with Crippen molar-refractivity contribution in [2.24, 2.45) is 0 Å². The van der Waals surface area contributed by atoms with Gasteiger partial charge in [0.05, 0.1) is 24.3 Å². The molecule has 1 aliphatic rings. The molecular formula is C27H25F4N5O. The highest BCUT2D eigenvalue weighted by molar-refractivity contribution is 5.95. The van der Waals surface area contributed by atoms with Crippen LogP contribution in [0, 0.1) is 5.82 Å². The maximum absolute atomic E-state index is 14.4. The van der Waals surface area contributed by atoms with Crippen LogP contribution < -0.4 is 5.32 Å². The molecule has 0 radical (unpaired) electrons. The first-order valence-corrected chi connectivity index (χ1v) is 11.6. The predicted molar refractivity (Wildman–Crippen MR) is 130 cm³/mol. The Bertz CT molecular complexity index is 1360. The molecule has 10 heteroatoms. The molecule has 0 atom stereocenters. The number of rotatable bonds is 8. The lowest BCUT2D eigenvalue weighted by Gasteiger charge is -2.22. The van der Waals surface area contributed by atoms with E-state index >= 15 is 0 Å². The number of nitrogens with one attached hydrogen (secondary N) is 1. The topological polar surface area (TPSA) is 63.1 Å². The van der Waals surface area contributed by atoms with Crippen LogP contribution >= 0.6 is 0 Å². The number of allylic oxidation sites excluding steroid dienone is 3. The van der Waals surface area contributed by atoms with Crippen LogP contribution in [0.1, 0.15) is 45.4 Å². The van der Waals surface area contributed by atoms with Gasteiger partial charge in [-0.15, -0.1) is 0 Å². The second kappa shape index (κ2) is 10.8. The third-order valence-electron chi connectivity index (χ3n) is 5.87. The number of hydrogen-bond acceptors (Lipinski definition) is 4. The molecule has 1 aromatic carbocycles. The minimum absolute atomic E-state index is 0.0322. The number of halogens is 4. The van der Waals surface area contributed by atoms with Crippen LogP contribution in [0.3, 0.4) is 0 Å². The lowest BCUT2D eigenvalue weighted by molar-refractivity contribution is -0.141. The number of aryl methyl sites for hydroxylation is 1. The van der Waals surface area contributed by atoms with Gasteiger partial charge in [-0.25, -0.2) is 4.39 Å². The molecule has 2 aromatic heterocycles. The minimum atomic E-state index is -4.84. The first-order valence-electron chi connectivity index (χ1n) is 11.6. The molecule has 192 valence electrons. The van der Waals surface area contributed by atoms with Crippen LogP contribution in [0.4, 0.5) is 17.6 Å². The van der Waals surface area contributed by atoms with Crippen LogP contribution in [0.5, 0.6) is 0 Å². The van der Waals surface area contributed by atoms with E-state index in [-0.39, 0.29) is 18.8 Å². The highest BCUT2D eigenvalue weighted by Crippen LogP contribution is 2.31. The lowest BCUT2D eigenvalue weighted by atomic mass is 10.1. The fourth-order valence-corrected chi connectivity index (χ4v) is 3.87. The molecule has 0 saturated heterocycles. The Labute approximate surface area is 211 Å². The Morgan fingerprint density at radius 1 is 1.08 bits per heavy atom. The van der Waals surface area contributed by atoms with Gasteiger partial charge in [-0.1, -0.05) is 43.8 Å². The van der Waals surface area contributed by atoms with Crippen LogP contribution in [0.15, 0.2) is 79.4 Å². The third-order valence-corrected chi connectivity index (χ3v) is 5.87. The minimum Gasteiger partial charge on any atom is -0.346 e. The first kappa shape index (κ1) is 25.9. The molecule has 0 fully saturated rings. The maximum Gasteiger partial charge on any atom is 0.435 e. The molecular weight excluding hydrogens is 486 g/mol. The summed E-state index contributed by atoms with van der Waals surface area (Å²) >= 11 is 0. The quantitative estimate of drug-likeness (QED) is 0.413. The van der Waals surface area contributed by atoms with Crippen LogP contribution in [-0.4, -0.2) is 25.6 Å². The van der Waals surface area contributed by atoms with Crippen molar-refractivity contribution in [2.75, 3.05) is 0 Å². The summed E-state index contributed by atoms with van der Waals surface area (Å²) in [5, 5.41) is 5.96. The van der Waals surface area contributed by atoms with Gasteiger partial charge in [0.1, 0.15) is 5.82 Å². The monoisotopic (exact) mass is 511 g/mol. The molecule has 0 bridgehead atoms. The van der Waals surface area contributed by atoms with E-state index in [1.807, 2.05) is 41.5 Å². The summed E-state index contributed by atoms with van der Waals surface area (Å²) in [6.07, 6.45) is 5.63. The zero-order valence-electron chi connectivity index (χ0n) is 20.1. The number of benzene rings is 1. The molecule has 0 spiro atoms. The van der Waals surface area contributed by atoms with Crippen molar-refractivity contribution in [1.29, 1.82) is 0 Å². The van der Waals surface area contributed by atoms with E-state index in [0.717, 1.165) is 22.1 Å². The van der Waals surface area contributed by atoms with Gasteiger partial charge in [-0.05, 0) is 41.3 Å². The van der Waals surface area contributed by atoms with Crippen LogP contribution in [0.25, 0.3) is 0 Å². The second-order valence-electron chi connectivity index (χ2n) is 8.49. The highest BCUT2D eigenvalue weighted by Gasteiger charge is 2.39. The van der Waals surface area contributed by atoms with Gasteiger partial charge in [0.15, 0.2) is 5.69 Å². The van der Waals surface area contributed by atoms with Gasteiger partial charge < -0.3 is 10.2 Å². The summed E-state index contributed by atoms with van der Waals surface area (Å²) in [6, 6.07) is 8.86. The fraction of sp³-hybridized carbons (Fsp3) is 0.222. The average molecular weight is 512 g/mol. The summed E-state index contributed by atoms with van der Waals surface area (Å²) in [5.74, 6) is -1.60. The molecule has 3 heterocycles. The van der Waals surface area contributed by atoms with Gasteiger partial charge in [0, 0.05) is 30.8 Å². The molecule has 0 aliphatic carbocycles. The summed E-state index contributed by atoms with van der Waals surface area (Å²) in [5.41, 5.74) is 0.971. The number of aromatic nitrogens is 3. The number of alkyl halides is 3. The standard InChI is InChI=1S/C27H25F4N5O/c1-3-21-11-12-32-23(24(21)28)14-33-26(37)22-17-36(34-25(22)27(29,30)31)16-20-9-7-19(8-10-20)15-35-13-5-4-6-18(35)2/h4-13,17H,2-3,14-16H2,1H3,(H,33,37). The molecule has 1 aliphatic heterocycles. The van der Waals surface area contributed by atoms with E-state index < -0.39 is 29.2 Å². The van der Waals surface area contributed by atoms with Crippen molar-refractivity contribution in [1.82, 2.24) is 25.0 Å². The molecule has 1 amide bonds. The van der Waals surface area contributed by atoms with Gasteiger partial charge in [-0.3, -0.25) is 14.5 Å². The van der Waals surface area contributed by atoms with E-state index in [1.54, 1.807) is 19.1 Å². The lowest BCUT2D eigenvalue weighted by Crippen LogP contribution is -2.26. The molecule has 37 heavy (non-hydrogen) atoms. The maximum atomic E-state index is 14.4. The van der Waals surface area contributed by atoms with Gasteiger partial charge in [-0.2, -0.15) is 18.3 Å². The van der Waals surface area contributed by atoms with Gasteiger partial charge in [0.25, 0.3) is 5.91 Å². The van der Waals surface area contributed by atoms with E-state index in [1.165, 1.54) is 12.3 Å². The van der Waals surface area contributed by atoms with Gasteiger partial charge >= 0.3 is 6.18 Å². The fourth-order valence-electron chi connectivity index (χ4n) is 3.87. The normalized spacial score (nSPS) is 13.3. The van der Waals surface area contributed by atoms with Crippen molar-refractivity contribution in [3.63, 3.8) is 0 Å². The van der Waals surface area contributed by atoms with E-state index in [4.69, 9.17) is 0 Å². The Morgan fingerprint density at radius 3 is 2.43 bits per heavy atom. The Hall–Kier alpha value is -4.21. The van der Waals surface area contributed by atoms with Gasteiger partial charge in [0.2, 0.25) is 0 Å². The third kappa shape index (κ3) is 6.14. The molecule has 4 rings (SSSR count). The van der Waals surface area contributed by atoms with Crippen molar-refractivity contribution < 1.29 is 22.4 Å². The zero-order valence-corrected chi connectivity index (χ0v) is 20.1. The molecule has 0 unspecified atom stereocenters. The van der Waals surface area contributed by atoms with Crippen molar-refractivity contribution in [3.8, 4) is 0 Å². The summed E-state index contributed by atoms with van der Waals surface area (Å²) in [6.45, 7) is 6.02. The molecule has 1 N–H and O–H groups in total. The van der Waals surface area contributed by atoms with E-state index in [9.17, 15) is 22.4 Å². The van der Waals surface area contributed by atoms with E-state index in [0.29, 0.717) is 24.1 Å². The Balaban J connectivity index is 1.47. The second-order valence-corrected chi connectivity index (χ2v) is 8.49. The van der Waals surface area contributed by atoms with Crippen molar-refractivity contribution in [2.45, 2.75) is 39.2 Å². The highest BCUT2D eigenvalue weighted by atomic mass is 19.4. The molecule has 3 aromatic rings. The molecule has 0 saturated carbocycles. The number of pyridine rings is 1. The smallest absolute Gasteiger partial charge is 0.346 e. The summed E-state index contributed by atoms with van der Waals surface area (Å²) in [7, 11) is 0. The summed E-state index contributed by atoms with van der Waals surface area (Å²) < 4.78 is 56.4. The number of amides is 1. The first-order chi connectivity index (χ1) is 17.7. The van der Waals surface area contributed by atoms with Crippen molar-refractivity contribution in [3.05, 3.63) is 119 Å². The van der Waals surface area contributed by atoms with Crippen LogP contribution in [0.2, 0.25) is 0 Å². The number of carbonyl (C=O) groups is 1. The van der Waals surface area contributed by atoms with E-state index in [2.05, 4.69) is 22.0 Å². The predicted octanol–water partition coefficient (Wildman–Crippen LogP) is 5.38. The number of carbonyl (C=O) groups excluding carboxylic acids is 1. The Kier molecular flexibility index (Phi) is 7.56. The van der Waals surface area contributed by atoms with Crippen LogP contribution in [-0.2, 0) is 32.2 Å². The zero-order chi connectivity index (χ0) is 26.6.